The van der Waals surface area contributed by atoms with E-state index in [0.717, 1.165) is 24.4 Å². The number of nitrogens with one attached hydrogen (secondary N) is 1. The van der Waals surface area contributed by atoms with Crippen molar-refractivity contribution < 1.29 is 0 Å². The second kappa shape index (κ2) is 2.44. The first-order valence-electron chi connectivity index (χ1n) is 2.95. The summed E-state index contributed by atoms with van der Waals surface area (Å²) >= 11 is 0. The molecule has 0 spiro atoms. The smallest absolute Gasteiger partial charge is 0.0546 e. The number of allylic oxidation sites excluding steroid dienone is 1. The minimum absolute atomic E-state index is 0.900. The lowest BCUT2D eigenvalue weighted by Gasteiger charge is -1.94. The van der Waals surface area contributed by atoms with Gasteiger partial charge in [-0.2, -0.15) is 0 Å². The zero-order chi connectivity index (χ0) is 6.69. The summed E-state index contributed by atoms with van der Waals surface area (Å²) in [6, 6.07) is 0. The molecule has 0 aliphatic carbocycles. The van der Waals surface area contributed by atoms with Crippen LogP contribution < -0.4 is 16.8 Å². The van der Waals surface area contributed by atoms with Crippen LogP contribution in [-0.4, -0.2) is 6.54 Å². The maximum Gasteiger partial charge on any atom is 0.0546 e. The van der Waals surface area contributed by atoms with Gasteiger partial charge in [-0.25, -0.2) is 0 Å². The van der Waals surface area contributed by atoms with Crippen molar-refractivity contribution in [1.29, 1.82) is 0 Å². The lowest BCUT2D eigenvalue weighted by molar-refractivity contribution is 0.884. The van der Waals surface area contributed by atoms with Crippen molar-refractivity contribution in [3.8, 4) is 0 Å². The molecule has 0 radical (unpaired) electrons. The Hall–Kier alpha value is -1.12. The summed E-state index contributed by atoms with van der Waals surface area (Å²) in [5.41, 5.74) is 12.6. The summed E-state index contributed by atoms with van der Waals surface area (Å²) in [5, 5.41) is 3.10. The van der Waals surface area contributed by atoms with E-state index in [1.54, 1.807) is 6.08 Å². The molecule has 0 aromatic carbocycles. The number of hydrogen-bond donors (Lipinski definition) is 3. The molecule has 0 unspecified atom stereocenters. The monoisotopic (exact) mass is 125 g/mol. The van der Waals surface area contributed by atoms with Crippen LogP contribution in [0.3, 0.4) is 0 Å². The van der Waals surface area contributed by atoms with Crippen molar-refractivity contribution in [1.82, 2.24) is 5.32 Å². The Morgan fingerprint density at radius 3 is 2.78 bits per heavy atom. The summed E-state index contributed by atoms with van der Waals surface area (Å²) < 4.78 is 0. The van der Waals surface area contributed by atoms with Crippen molar-refractivity contribution in [2.75, 3.05) is 6.54 Å². The van der Waals surface area contributed by atoms with Crippen LogP contribution in [0.15, 0.2) is 23.7 Å². The van der Waals surface area contributed by atoms with E-state index in [1.165, 1.54) is 6.20 Å². The molecule has 1 heterocycles. The van der Waals surface area contributed by atoms with E-state index in [4.69, 9.17) is 11.5 Å². The van der Waals surface area contributed by atoms with E-state index >= 15 is 0 Å². The van der Waals surface area contributed by atoms with Crippen molar-refractivity contribution in [3.05, 3.63) is 23.7 Å². The minimum Gasteiger partial charge on any atom is -0.405 e. The predicted molar refractivity (Wildman–Crippen MR) is 37.2 cm³/mol. The maximum absolute atomic E-state index is 5.58. The molecule has 3 nitrogen and oxygen atoms in total. The molecule has 0 fully saturated rings. The molecular weight excluding hydrogens is 114 g/mol. The second-order valence-corrected chi connectivity index (χ2v) is 1.97. The van der Waals surface area contributed by atoms with Crippen LogP contribution in [-0.2, 0) is 0 Å². The number of rotatable bonds is 1. The third-order valence-electron chi connectivity index (χ3n) is 1.32. The van der Waals surface area contributed by atoms with Gasteiger partial charge in [-0.15, -0.1) is 0 Å². The molecule has 9 heavy (non-hydrogen) atoms. The third-order valence-corrected chi connectivity index (χ3v) is 1.32. The van der Waals surface area contributed by atoms with Gasteiger partial charge in [-0.3, -0.25) is 0 Å². The molecule has 0 bridgehead atoms. The molecule has 3 heteroatoms. The summed E-state index contributed by atoms with van der Waals surface area (Å²) in [7, 11) is 0. The van der Waals surface area contributed by atoms with Crippen LogP contribution in [0.1, 0.15) is 6.42 Å². The minimum atomic E-state index is 0.900. The zero-order valence-electron chi connectivity index (χ0n) is 5.22. The Morgan fingerprint density at radius 1 is 1.56 bits per heavy atom. The standard InChI is InChI=1S/C6H11N3/c7-3-1-6-5(8)2-4-9-6/h1,3,9H,2,4,7-8H2/b3-1-. The van der Waals surface area contributed by atoms with E-state index in [0.29, 0.717) is 0 Å². The Kier molecular flexibility index (Phi) is 1.63. The molecule has 0 atom stereocenters. The van der Waals surface area contributed by atoms with Gasteiger partial charge in [0.15, 0.2) is 0 Å². The molecule has 1 rings (SSSR count). The van der Waals surface area contributed by atoms with Crippen molar-refractivity contribution in [3.63, 3.8) is 0 Å². The maximum atomic E-state index is 5.58. The van der Waals surface area contributed by atoms with Gasteiger partial charge in [0.25, 0.3) is 0 Å². The van der Waals surface area contributed by atoms with Gasteiger partial charge in [0.1, 0.15) is 0 Å². The lowest BCUT2D eigenvalue weighted by atomic mass is 10.3. The first kappa shape index (κ1) is 6.01. The highest BCUT2D eigenvalue weighted by molar-refractivity contribution is 5.25. The van der Waals surface area contributed by atoms with Crippen LogP contribution in [0.5, 0.6) is 0 Å². The normalized spacial score (nSPS) is 19.1. The lowest BCUT2D eigenvalue weighted by Crippen LogP contribution is -2.06. The third kappa shape index (κ3) is 1.16. The van der Waals surface area contributed by atoms with Crippen molar-refractivity contribution >= 4 is 0 Å². The van der Waals surface area contributed by atoms with E-state index < -0.39 is 0 Å². The van der Waals surface area contributed by atoms with Gasteiger partial charge < -0.3 is 16.8 Å². The quantitative estimate of drug-likeness (QED) is 0.447. The highest BCUT2D eigenvalue weighted by atomic mass is 14.9. The van der Waals surface area contributed by atoms with E-state index in [9.17, 15) is 0 Å². The molecule has 1 aliphatic heterocycles. The van der Waals surface area contributed by atoms with Gasteiger partial charge in [-0.1, -0.05) is 0 Å². The molecule has 0 saturated carbocycles. The molecular formula is C6H11N3. The second-order valence-electron chi connectivity index (χ2n) is 1.97. The molecule has 50 valence electrons. The average molecular weight is 125 g/mol. The average Bonchev–Trinajstić information content (AvgIpc) is 2.18. The Balaban J connectivity index is 2.66. The summed E-state index contributed by atoms with van der Waals surface area (Å²) in [4.78, 5) is 0. The predicted octanol–water partition coefficient (Wildman–Crippen LogP) is -0.378. The van der Waals surface area contributed by atoms with E-state index in [2.05, 4.69) is 5.32 Å². The van der Waals surface area contributed by atoms with Gasteiger partial charge in [0, 0.05) is 18.7 Å². The fraction of sp³-hybridized carbons (Fsp3) is 0.333. The first-order valence-corrected chi connectivity index (χ1v) is 2.95. The summed E-state index contributed by atoms with van der Waals surface area (Å²) in [6.07, 6.45) is 4.20. The first-order chi connectivity index (χ1) is 4.34. The largest absolute Gasteiger partial charge is 0.405 e. The van der Waals surface area contributed by atoms with Crippen molar-refractivity contribution in [2.45, 2.75) is 6.42 Å². The summed E-state index contributed by atoms with van der Waals surface area (Å²) in [5.74, 6) is 0. The number of nitrogens with two attached hydrogens (primary N) is 2. The van der Waals surface area contributed by atoms with Crippen LogP contribution >= 0.6 is 0 Å². The topological polar surface area (TPSA) is 64.1 Å². The Labute approximate surface area is 54.4 Å². The van der Waals surface area contributed by atoms with Crippen LogP contribution in [0.25, 0.3) is 0 Å². The molecule has 0 saturated heterocycles. The Bertz CT molecular complexity index is 158. The van der Waals surface area contributed by atoms with Gasteiger partial charge in [-0.05, 0) is 12.3 Å². The molecule has 0 aromatic rings. The fourth-order valence-corrected chi connectivity index (χ4v) is 0.842. The highest BCUT2D eigenvalue weighted by Crippen LogP contribution is 2.07. The van der Waals surface area contributed by atoms with Crippen LogP contribution in [0, 0.1) is 0 Å². The highest BCUT2D eigenvalue weighted by Gasteiger charge is 2.05. The number of hydrogen-bond acceptors (Lipinski definition) is 3. The molecule has 0 amide bonds. The molecule has 0 aromatic heterocycles. The fourth-order valence-electron chi connectivity index (χ4n) is 0.842. The van der Waals surface area contributed by atoms with Gasteiger partial charge >= 0.3 is 0 Å². The van der Waals surface area contributed by atoms with Crippen molar-refractivity contribution in [2.24, 2.45) is 11.5 Å². The van der Waals surface area contributed by atoms with E-state index in [-0.39, 0.29) is 0 Å². The van der Waals surface area contributed by atoms with Crippen LogP contribution in [0.4, 0.5) is 0 Å². The van der Waals surface area contributed by atoms with Gasteiger partial charge in [0.2, 0.25) is 0 Å². The SMILES string of the molecule is N/C=C\C1=C(N)CCN1. The van der Waals surface area contributed by atoms with Crippen LogP contribution in [0.2, 0.25) is 0 Å². The van der Waals surface area contributed by atoms with Gasteiger partial charge in [0.05, 0.1) is 5.70 Å². The zero-order valence-corrected chi connectivity index (χ0v) is 5.22. The summed E-state index contributed by atoms with van der Waals surface area (Å²) in [6.45, 7) is 0.936. The Morgan fingerprint density at radius 2 is 2.33 bits per heavy atom. The molecule has 1 aliphatic rings. The molecule has 5 N–H and O–H groups in total. The van der Waals surface area contributed by atoms with E-state index in [1.807, 2.05) is 0 Å².